The molecule has 1 aromatic carbocycles. The summed E-state index contributed by atoms with van der Waals surface area (Å²) >= 11 is 13.2. The van der Waals surface area contributed by atoms with E-state index in [1.54, 1.807) is 30.2 Å². The standard InChI is InChI=1S/C19H14Cl2FN5O3S2/c1-26-9-10(8-23-26)12-6-17(31-18(12)21)15-7-16(27(2)32(29,30)25-15)19(28)24-11-3-4-14(22)13(20)5-11/h3-9H,1-2H3,(H,24,28). The number of rotatable bonds is 4. The van der Waals surface area contributed by atoms with E-state index in [4.69, 9.17) is 23.2 Å². The molecule has 0 radical (unpaired) electrons. The molecular formula is C19H14Cl2FN5O3S2. The minimum absolute atomic E-state index is 0.0624. The first kappa shape index (κ1) is 22.5. The van der Waals surface area contributed by atoms with Crippen LogP contribution in [0.4, 0.5) is 10.1 Å². The van der Waals surface area contributed by atoms with Gasteiger partial charge >= 0.3 is 10.2 Å². The van der Waals surface area contributed by atoms with Crippen LogP contribution in [0.1, 0.15) is 4.88 Å². The Balaban J connectivity index is 1.70. The van der Waals surface area contributed by atoms with Gasteiger partial charge in [-0.2, -0.15) is 13.5 Å². The van der Waals surface area contributed by atoms with E-state index in [2.05, 4.69) is 14.8 Å². The number of amides is 1. The zero-order valence-corrected chi connectivity index (χ0v) is 19.7. The van der Waals surface area contributed by atoms with Gasteiger partial charge in [0.25, 0.3) is 5.91 Å². The number of likely N-dealkylation sites (N-methyl/N-ethyl adjacent to an activating group) is 1. The highest BCUT2D eigenvalue weighted by Gasteiger charge is 2.31. The molecule has 1 aliphatic rings. The first-order valence-corrected chi connectivity index (χ1v) is 11.9. The van der Waals surface area contributed by atoms with Gasteiger partial charge in [-0.25, -0.2) is 8.70 Å². The Morgan fingerprint density at radius 3 is 2.62 bits per heavy atom. The highest BCUT2D eigenvalue weighted by molar-refractivity contribution is 7.88. The molecule has 1 aliphatic heterocycles. The van der Waals surface area contributed by atoms with Crippen molar-refractivity contribution in [3.05, 3.63) is 68.5 Å². The van der Waals surface area contributed by atoms with Crippen molar-refractivity contribution in [1.82, 2.24) is 14.1 Å². The van der Waals surface area contributed by atoms with E-state index in [1.807, 2.05) is 0 Å². The zero-order chi connectivity index (χ0) is 23.2. The highest BCUT2D eigenvalue weighted by Crippen LogP contribution is 2.37. The first-order chi connectivity index (χ1) is 15.0. The second kappa shape index (κ2) is 8.32. The lowest BCUT2D eigenvalue weighted by Gasteiger charge is -2.23. The van der Waals surface area contributed by atoms with Crippen LogP contribution in [-0.4, -0.2) is 41.2 Å². The van der Waals surface area contributed by atoms with Crippen LogP contribution in [0.25, 0.3) is 11.1 Å². The molecule has 4 rings (SSSR count). The number of aryl methyl sites for hydroxylation is 1. The molecule has 0 saturated carbocycles. The predicted molar refractivity (Wildman–Crippen MR) is 123 cm³/mol. The number of thiophene rings is 1. The molecule has 8 nitrogen and oxygen atoms in total. The third-order valence-corrected chi connectivity index (χ3v) is 7.52. The Kier molecular flexibility index (Phi) is 5.84. The molecule has 0 spiro atoms. The van der Waals surface area contributed by atoms with E-state index >= 15 is 0 Å². The average Bonchev–Trinajstić information content (AvgIpc) is 3.32. The molecule has 3 heterocycles. The van der Waals surface area contributed by atoms with Crippen LogP contribution in [0.3, 0.4) is 0 Å². The van der Waals surface area contributed by atoms with Gasteiger partial charge in [-0.15, -0.1) is 15.7 Å². The van der Waals surface area contributed by atoms with E-state index in [0.29, 0.717) is 14.8 Å². The van der Waals surface area contributed by atoms with Gasteiger partial charge in [-0.3, -0.25) is 9.48 Å². The van der Waals surface area contributed by atoms with Crippen LogP contribution in [0.15, 0.2) is 52.8 Å². The minimum Gasteiger partial charge on any atom is -0.321 e. The van der Waals surface area contributed by atoms with Crippen LogP contribution < -0.4 is 5.32 Å². The van der Waals surface area contributed by atoms with Crippen LogP contribution >= 0.6 is 34.5 Å². The van der Waals surface area contributed by atoms with Crippen molar-refractivity contribution in [3.8, 4) is 11.1 Å². The molecule has 1 N–H and O–H groups in total. The number of nitrogens with zero attached hydrogens (tertiary/aromatic N) is 4. The SMILES string of the molecule is CN1C(C(=O)Nc2ccc(F)c(Cl)c2)=CC(c2cc(-c3cnn(C)c3)c(Cl)s2)=NS1(=O)=O. The van der Waals surface area contributed by atoms with Crippen molar-refractivity contribution < 1.29 is 17.6 Å². The van der Waals surface area contributed by atoms with E-state index in [1.165, 1.54) is 25.3 Å². The van der Waals surface area contributed by atoms with Gasteiger partial charge in [0.15, 0.2) is 0 Å². The number of halogens is 3. The molecular weight excluding hydrogens is 500 g/mol. The average molecular weight is 514 g/mol. The van der Waals surface area contributed by atoms with E-state index in [9.17, 15) is 17.6 Å². The van der Waals surface area contributed by atoms with Crippen LogP contribution in [-0.2, 0) is 22.1 Å². The van der Waals surface area contributed by atoms with E-state index in [-0.39, 0.29) is 22.1 Å². The maximum atomic E-state index is 13.4. The van der Waals surface area contributed by atoms with Gasteiger partial charge in [-0.05, 0) is 30.3 Å². The smallest absolute Gasteiger partial charge is 0.321 e. The summed E-state index contributed by atoms with van der Waals surface area (Å²) in [6.07, 6.45) is 4.75. The number of hydrogen-bond donors (Lipinski definition) is 1. The Bertz CT molecular complexity index is 1410. The van der Waals surface area contributed by atoms with Crippen molar-refractivity contribution in [2.24, 2.45) is 11.4 Å². The first-order valence-electron chi connectivity index (χ1n) is 8.91. The lowest BCUT2D eigenvalue weighted by molar-refractivity contribution is -0.113. The molecule has 0 unspecified atom stereocenters. The molecule has 0 aliphatic carbocycles. The molecule has 0 bridgehead atoms. The molecule has 1 amide bonds. The summed E-state index contributed by atoms with van der Waals surface area (Å²) in [5, 5.41) is 6.44. The lowest BCUT2D eigenvalue weighted by atomic mass is 10.1. The highest BCUT2D eigenvalue weighted by atomic mass is 35.5. The van der Waals surface area contributed by atoms with Crippen LogP contribution in [0.2, 0.25) is 9.36 Å². The predicted octanol–water partition coefficient (Wildman–Crippen LogP) is 4.10. The quantitative estimate of drug-likeness (QED) is 0.567. The fourth-order valence-electron chi connectivity index (χ4n) is 2.90. The summed E-state index contributed by atoms with van der Waals surface area (Å²) in [7, 11) is -1.20. The Hall–Kier alpha value is -2.73. The fourth-order valence-corrected chi connectivity index (χ4v) is 5.33. The topological polar surface area (TPSA) is 96.7 Å². The molecule has 32 heavy (non-hydrogen) atoms. The second-order valence-electron chi connectivity index (χ2n) is 6.74. The number of nitrogens with one attached hydrogen (secondary N) is 1. The monoisotopic (exact) mass is 513 g/mol. The van der Waals surface area contributed by atoms with Gasteiger partial charge in [-0.1, -0.05) is 23.2 Å². The Morgan fingerprint density at radius 2 is 1.97 bits per heavy atom. The number of hydrogen-bond acceptors (Lipinski definition) is 5. The summed E-state index contributed by atoms with van der Waals surface area (Å²) in [4.78, 5) is 13.3. The Morgan fingerprint density at radius 1 is 1.22 bits per heavy atom. The van der Waals surface area contributed by atoms with E-state index in [0.717, 1.165) is 27.3 Å². The normalized spacial score (nSPS) is 15.3. The van der Waals surface area contributed by atoms with Gasteiger partial charge in [0.1, 0.15) is 15.9 Å². The molecule has 0 atom stereocenters. The number of carbonyl (C=O) groups excluding carboxylic acids is 1. The van der Waals surface area contributed by atoms with Gasteiger partial charge in [0.05, 0.1) is 21.8 Å². The van der Waals surface area contributed by atoms with Crippen molar-refractivity contribution in [2.75, 3.05) is 12.4 Å². The minimum atomic E-state index is -4.17. The number of aromatic nitrogens is 2. The Labute approximate surface area is 196 Å². The van der Waals surface area contributed by atoms with Crippen molar-refractivity contribution >= 4 is 62.1 Å². The summed E-state index contributed by atoms with van der Waals surface area (Å²) in [6.45, 7) is 0. The third kappa shape index (κ3) is 4.29. The lowest BCUT2D eigenvalue weighted by Crippen LogP contribution is -2.35. The number of carbonyl (C=O) groups is 1. The molecule has 0 saturated heterocycles. The fraction of sp³-hybridized carbons (Fsp3) is 0.105. The summed E-state index contributed by atoms with van der Waals surface area (Å²) < 4.78 is 45.2. The molecule has 3 aromatic rings. The maximum Gasteiger partial charge on any atom is 0.345 e. The summed E-state index contributed by atoms with van der Waals surface area (Å²) in [6, 6.07) is 5.32. The van der Waals surface area contributed by atoms with Crippen molar-refractivity contribution in [3.63, 3.8) is 0 Å². The number of benzene rings is 1. The molecule has 2 aromatic heterocycles. The summed E-state index contributed by atoms with van der Waals surface area (Å²) in [5.41, 5.74) is 1.51. The summed E-state index contributed by atoms with van der Waals surface area (Å²) in [5.74, 6) is -1.38. The van der Waals surface area contributed by atoms with Gasteiger partial charge in [0, 0.05) is 37.1 Å². The maximum absolute atomic E-state index is 13.4. The molecule has 166 valence electrons. The van der Waals surface area contributed by atoms with Crippen molar-refractivity contribution in [1.29, 1.82) is 0 Å². The van der Waals surface area contributed by atoms with Gasteiger partial charge in [0.2, 0.25) is 0 Å². The van der Waals surface area contributed by atoms with Crippen LogP contribution in [0, 0.1) is 5.82 Å². The zero-order valence-electron chi connectivity index (χ0n) is 16.5. The second-order valence-corrected chi connectivity index (χ2v) is 10.4. The largest absolute Gasteiger partial charge is 0.345 e. The molecule has 0 fully saturated rings. The van der Waals surface area contributed by atoms with Crippen LogP contribution in [0.5, 0.6) is 0 Å². The van der Waals surface area contributed by atoms with Crippen molar-refractivity contribution in [2.45, 2.75) is 0 Å². The molecule has 13 heteroatoms. The van der Waals surface area contributed by atoms with E-state index < -0.39 is 21.9 Å². The number of allylic oxidation sites excluding steroid dienone is 1. The van der Waals surface area contributed by atoms with Gasteiger partial charge < -0.3 is 5.32 Å². The number of anilines is 1. The third-order valence-electron chi connectivity index (χ3n) is 4.54.